The molecule has 1 aromatic heterocycles. The monoisotopic (exact) mass is 279 g/mol. The summed E-state index contributed by atoms with van der Waals surface area (Å²) >= 11 is 0. The predicted octanol–water partition coefficient (Wildman–Crippen LogP) is 1.16. The maximum absolute atomic E-state index is 11.6. The molecule has 2 aromatic rings. The summed E-state index contributed by atoms with van der Waals surface area (Å²) in [5, 5.41) is 14.1. The number of carbonyl (C=O) groups is 2. The number of benzene rings is 1. The van der Waals surface area contributed by atoms with E-state index < -0.39 is 11.8 Å². The molecule has 7 nitrogen and oxygen atoms in total. The Bertz CT molecular complexity index is 823. The van der Waals surface area contributed by atoms with Gasteiger partial charge in [-0.1, -0.05) is 0 Å². The van der Waals surface area contributed by atoms with E-state index in [9.17, 15) is 9.59 Å². The zero-order valence-corrected chi connectivity index (χ0v) is 10.7. The Hall–Kier alpha value is -3.40. The van der Waals surface area contributed by atoms with E-state index in [1.54, 1.807) is 30.3 Å². The van der Waals surface area contributed by atoms with Gasteiger partial charge >= 0.3 is 0 Å². The van der Waals surface area contributed by atoms with Crippen LogP contribution in [-0.2, 0) is 0 Å². The van der Waals surface area contributed by atoms with Crippen LogP contribution in [0.5, 0.6) is 0 Å². The summed E-state index contributed by atoms with van der Waals surface area (Å²) in [4.78, 5) is 27.1. The number of imide groups is 1. The van der Waals surface area contributed by atoms with Crippen molar-refractivity contribution in [3.8, 4) is 6.07 Å². The molecule has 0 aliphatic carbocycles. The highest BCUT2D eigenvalue weighted by atomic mass is 16.2. The van der Waals surface area contributed by atoms with Crippen LogP contribution in [0.15, 0.2) is 30.3 Å². The molecule has 7 heteroatoms. The first kappa shape index (κ1) is 12.6. The van der Waals surface area contributed by atoms with E-state index in [2.05, 4.69) is 15.6 Å². The molecular weight excluding hydrogens is 270 g/mol. The number of rotatable bonds is 2. The Morgan fingerprint density at radius 1 is 1.14 bits per heavy atom. The topological polar surface area (TPSA) is 121 Å². The molecule has 1 aromatic carbocycles. The molecule has 0 saturated carbocycles. The van der Waals surface area contributed by atoms with Crippen LogP contribution in [0.3, 0.4) is 0 Å². The second-order valence-corrected chi connectivity index (χ2v) is 4.41. The molecular formula is C14H9N5O2. The summed E-state index contributed by atoms with van der Waals surface area (Å²) in [7, 11) is 0. The number of nitrogens with one attached hydrogen (secondary N) is 2. The Kier molecular flexibility index (Phi) is 2.77. The number of nitrogens with two attached hydrogens (primary N) is 1. The molecule has 0 saturated heterocycles. The highest BCUT2D eigenvalue weighted by Crippen LogP contribution is 2.23. The third-order valence-electron chi connectivity index (χ3n) is 3.04. The smallest absolute Gasteiger partial charge is 0.259 e. The lowest BCUT2D eigenvalue weighted by Gasteiger charge is -2.07. The molecule has 0 unspecified atom stereocenters. The summed E-state index contributed by atoms with van der Waals surface area (Å²) in [5.74, 6) is -0.411. The minimum absolute atomic E-state index is 0.120. The van der Waals surface area contributed by atoms with E-state index >= 15 is 0 Å². The lowest BCUT2D eigenvalue weighted by molar-refractivity contribution is 0.0879. The van der Waals surface area contributed by atoms with Crippen molar-refractivity contribution < 1.29 is 9.59 Å². The van der Waals surface area contributed by atoms with E-state index in [1.807, 2.05) is 6.07 Å². The number of hydrogen-bond acceptors (Lipinski definition) is 6. The number of aromatic nitrogens is 1. The second-order valence-electron chi connectivity index (χ2n) is 4.41. The fourth-order valence-electron chi connectivity index (χ4n) is 2.02. The molecule has 0 spiro atoms. The number of pyridine rings is 1. The molecule has 1 aliphatic rings. The van der Waals surface area contributed by atoms with Gasteiger partial charge in [0.2, 0.25) is 0 Å². The van der Waals surface area contributed by atoms with E-state index in [0.717, 1.165) is 0 Å². The zero-order valence-electron chi connectivity index (χ0n) is 10.7. The van der Waals surface area contributed by atoms with Crippen molar-refractivity contribution in [2.45, 2.75) is 0 Å². The van der Waals surface area contributed by atoms with Crippen LogP contribution >= 0.6 is 0 Å². The van der Waals surface area contributed by atoms with Gasteiger partial charge in [0, 0.05) is 5.69 Å². The lowest BCUT2D eigenvalue weighted by Crippen LogP contribution is -2.19. The van der Waals surface area contributed by atoms with Gasteiger partial charge in [0.25, 0.3) is 11.8 Å². The van der Waals surface area contributed by atoms with Gasteiger partial charge in [-0.25, -0.2) is 4.98 Å². The average molecular weight is 279 g/mol. The third kappa shape index (κ3) is 2.15. The quantitative estimate of drug-likeness (QED) is 0.709. The van der Waals surface area contributed by atoms with Gasteiger partial charge in [0.15, 0.2) is 5.69 Å². The average Bonchev–Trinajstić information content (AvgIpc) is 2.76. The summed E-state index contributed by atoms with van der Waals surface area (Å²) < 4.78 is 0. The number of nitriles is 1. The highest BCUT2D eigenvalue weighted by molar-refractivity contribution is 6.21. The first-order chi connectivity index (χ1) is 10.1. The third-order valence-corrected chi connectivity index (χ3v) is 3.04. The normalized spacial score (nSPS) is 12.5. The van der Waals surface area contributed by atoms with Gasteiger partial charge in [0.05, 0.1) is 16.8 Å². The molecule has 2 heterocycles. The molecule has 0 atom stereocenters. The summed E-state index contributed by atoms with van der Waals surface area (Å²) in [6, 6.07) is 9.84. The van der Waals surface area contributed by atoms with E-state index in [-0.39, 0.29) is 5.69 Å². The standard InChI is InChI=1S/C14H9N5O2/c15-6-11-10(16)3-4-12(18-11)17-7-1-2-8-9(5-7)14(21)19-13(8)20/h1-5H,16H2,(H,17,18)(H,19,20,21). The Balaban J connectivity index is 1.93. The molecule has 1 aliphatic heterocycles. The van der Waals surface area contributed by atoms with Crippen molar-refractivity contribution in [1.82, 2.24) is 10.3 Å². The van der Waals surface area contributed by atoms with Gasteiger partial charge in [0.1, 0.15) is 11.9 Å². The Morgan fingerprint density at radius 3 is 2.67 bits per heavy atom. The molecule has 0 fully saturated rings. The Labute approximate surface area is 119 Å². The van der Waals surface area contributed by atoms with Crippen LogP contribution in [0.4, 0.5) is 17.2 Å². The molecule has 21 heavy (non-hydrogen) atoms. The Morgan fingerprint density at radius 2 is 1.90 bits per heavy atom. The fraction of sp³-hybridized carbons (Fsp3) is 0. The maximum Gasteiger partial charge on any atom is 0.259 e. The molecule has 3 rings (SSSR count). The molecule has 2 amide bonds. The van der Waals surface area contributed by atoms with Gasteiger partial charge in [-0.05, 0) is 30.3 Å². The van der Waals surface area contributed by atoms with E-state index in [4.69, 9.17) is 11.0 Å². The summed E-state index contributed by atoms with van der Waals surface area (Å²) in [6.07, 6.45) is 0. The summed E-state index contributed by atoms with van der Waals surface area (Å²) in [5.41, 5.74) is 7.24. The highest BCUT2D eigenvalue weighted by Gasteiger charge is 2.26. The van der Waals surface area contributed by atoms with Gasteiger partial charge in [-0.15, -0.1) is 0 Å². The van der Waals surface area contributed by atoms with Gasteiger partial charge in [-0.2, -0.15) is 5.26 Å². The molecule has 0 bridgehead atoms. The fourth-order valence-corrected chi connectivity index (χ4v) is 2.02. The minimum atomic E-state index is -0.429. The van der Waals surface area contributed by atoms with Crippen LogP contribution in [-0.4, -0.2) is 16.8 Å². The van der Waals surface area contributed by atoms with Crippen LogP contribution in [0.2, 0.25) is 0 Å². The maximum atomic E-state index is 11.6. The van der Waals surface area contributed by atoms with Crippen LogP contribution in [0.1, 0.15) is 26.4 Å². The zero-order chi connectivity index (χ0) is 15.0. The molecule has 0 radical (unpaired) electrons. The first-order valence-electron chi connectivity index (χ1n) is 6.02. The molecule has 4 N–H and O–H groups in total. The van der Waals surface area contributed by atoms with Crippen molar-refractivity contribution >= 4 is 29.0 Å². The number of amides is 2. The van der Waals surface area contributed by atoms with Gasteiger partial charge < -0.3 is 11.1 Å². The number of nitrogen functional groups attached to an aromatic ring is 1. The minimum Gasteiger partial charge on any atom is -0.396 e. The second kappa shape index (κ2) is 4.61. The van der Waals surface area contributed by atoms with E-state index in [0.29, 0.717) is 28.3 Å². The number of anilines is 3. The molecule has 102 valence electrons. The van der Waals surface area contributed by atoms with Crippen molar-refractivity contribution in [2.75, 3.05) is 11.1 Å². The van der Waals surface area contributed by atoms with Crippen molar-refractivity contribution in [2.24, 2.45) is 0 Å². The predicted molar refractivity (Wildman–Crippen MR) is 74.9 cm³/mol. The van der Waals surface area contributed by atoms with Crippen molar-refractivity contribution in [3.05, 3.63) is 47.2 Å². The van der Waals surface area contributed by atoms with Crippen LogP contribution in [0.25, 0.3) is 0 Å². The largest absolute Gasteiger partial charge is 0.396 e. The summed E-state index contributed by atoms with van der Waals surface area (Å²) in [6.45, 7) is 0. The number of carbonyl (C=O) groups excluding carboxylic acids is 2. The first-order valence-corrected chi connectivity index (χ1v) is 6.02. The van der Waals surface area contributed by atoms with Gasteiger partial charge in [-0.3, -0.25) is 14.9 Å². The SMILES string of the molecule is N#Cc1nc(Nc2ccc3c(c2)C(=O)NC3=O)ccc1N. The lowest BCUT2D eigenvalue weighted by atomic mass is 10.1. The van der Waals surface area contributed by atoms with E-state index in [1.165, 1.54) is 0 Å². The van der Waals surface area contributed by atoms with Crippen molar-refractivity contribution in [1.29, 1.82) is 5.26 Å². The van der Waals surface area contributed by atoms with Crippen LogP contribution < -0.4 is 16.4 Å². The number of fused-ring (bicyclic) bond motifs is 1. The number of nitrogens with zero attached hydrogens (tertiary/aromatic N) is 2. The van der Waals surface area contributed by atoms with Crippen molar-refractivity contribution in [3.63, 3.8) is 0 Å². The number of hydrogen-bond donors (Lipinski definition) is 3. The van der Waals surface area contributed by atoms with Crippen LogP contribution in [0, 0.1) is 11.3 Å².